The van der Waals surface area contributed by atoms with Crippen LogP contribution in [0.15, 0.2) is 47.4 Å². The summed E-state index contributed by atoms with van der Waals surface area (Å²) in [5.74, 6) is -2.09. The Kier molecular flexibility index (Phi) is 6.29. The highest BCUT2D eigenvalue weighted by Crippen LogP contribution is 2.31. The van der Waals surface area contributed by atoms with Crippen molar-refractivity contribution >= 4 is 28.4 Å². The maximum absolute atomic E-state index is 15.6. The van der Waals surface area contributed by atoms with Crippen molar-refractivity contribution in [1.82, 2.24) is 9.88 Å². The van der Waals surface area contributed by atoms with Gasteiger partial charge in [-0.1, -0.05) is 18.2 Å². The quantitative estimate of drug-likeness (QED) is 0.455. The van der Waals surface area contributed by atoms with Crippen molar-refractivity contribution in [3.8, 4) is 5.75 Å². The summed E-state index contributed by atoms with van der Waals surface area (Å²) in [6.07, 6.45) is 4.08. The van der Waals surface area contributed by atoms with Gasteiger partial charge in [-0.3, -0.25) is 9.59 Å². The van der Waals surface area contributed by atoms with Crippen LogP contribution in [0.3, 0.4) is 0 Å². The number of carbonyl (C=O) groups is 1. The number of fused-ring (bicyclic) bond motifs is 1. The number of halogens is 2. The minimum atomic E-state index is -0.821. The normalized spacial score (nSPS) is 16.6. The van der Waals surface area contributed by atoms with Crippen molar-refractivity contribution in [1.29, 1.82) is 0 Å². The van der Waals surface area contributed by atoms with Crippen LogP contribution >= 0.6 is 0 Å². The molecule has 1 atom stereocenters. The molecule has 1 unspecified atom stereocenters. The molecule has 0 amide bonds. The summed E-state index contributed by atoms with van der Waals surface area (Å²) in [4.78, 5) is 27.5. The smallest absolute Gasteiger partial charge is 0.200 e. The number of phenolic OH excluding ortho intramolecular Hbond substituents is 1. The van der Waals surface area contributed by atoms with E-state index in [-0.39, 0.29) is 33.9 Å². The van der Waals surface area contributed by atoms with E-state index in [1.54, 1.807) is 24.0 Å². The van der Waals surface area contributed by atoms with E-state index in [9.17, 15) is 14.7 Å². The van der Waals surface area contributed by atoms with Crippen LogP contribution in [0.2, 0.25) is 0 Å². The third kappa shape index (κ3) is 4.39. The predicted molar refractivity (Wildman–Crippen MR) is 125 cm³/mol. The molecule has 1 aromatic heterocycles. The molecule has 0 bridgehead atoms. The molecule has 3 aromatic rings. The Labute approximate surface area is 189 Å². The highest BCUT2D eigenvalue weighted by Gasteiger charge is 2.26. The molecule has 6 nitrogen and oxygen atoms in total. The van der Waals surface area contributed by atoms with Crippen LogP contribution in [0, 0.1) is 11.6 Å². The number of ketones is 1. The Hall–Kier alpha value is -3.52. The average Bonchev–Trinajstić information content (AvgIpc) is 2.79. The molecule has 1 fully saturated rings. The van der Waals surface area contributed by atoms with Gasteiger partial charge in [0.1, 0.15) is 17.3 Å². The summed E-state index contributed by atoms with van der Waals surface area (Å²) in [7, 11) is 0. The van der Waals surface area contributed by atoms with Crippen molar-refractivity contribution in [2.45, 2.75) is 26.4 Å². The van der Waals surface area contributed by atoms with Crippen LogP contribution in [0.1, 0.15) is 29.8 Å². The zero-order valence-corrected chi connectivity index (χ0v) is 18.4. The van der Waals surface area contributed by atoms with Gasteiger partial charge in [0.25, 0.3) is 0 Å². The standard InChI is InChI=1S/C25H25F2N3O3/c1-3-29-14-19(21(32)9-6-16-4-7-17(31)8-5-16)25(33)18-12-20(26)24(22(27)23(18)29)30-11-10-28-15(2)13-30/h4-9,12,14-15,28,31H,3,10-11,13H2,1-2H3/b9-6+. The first-order valence-corrected chi connectivity index (χ1v) is 10.8. The lowest BCUT2D eigenvalue weighted by Gasteiger charge is -2.34. The number of piperazine rings is 1. The zero-order chi connectivity index (χ0) is 23.7. The molecular formula is C25H25F2N3O3. The number of rotatable bonds is 5. The maximum Gasteiger partial charge on any atom is 0.200 e. The average molecular weight is 453 g/mol. The fourth-order valence-corrected chi connectivity index (χ4v) is 4.17. The molecule has 1 aliphatic heterocycles. The molecule has 2 heterocycles. The first-order valence-electron chi connectivity index (χ1n) is 10.8. The number of allylic oxidation sites excluding steroid dienone is 1. The van der Waals surface area contributed by atoms with Gasteiger partial charge in [-0.05, 0) is 43.7 Å². The summed E-state index contributed by atoms with van der Waals surface area (Å²) in [6.45, 7) is 5.47. The molecule has 2 N–H and O–H groups in total. The van der Waals surface area contributed by atoms with Gasteiger partial charge >= 0.3 is 0 Å². The molecule has 4 rings (SSSR count). The van der Waals surface area contributed by atoms with Gasteiger partial charge in [0.15, 0.2) is 11.6 Å². The van der Waals surface area contributed by atoms with Crippen LogP contribution in [0.4, 0.5) is 14.5 Å². The number of carbonyl (C=O) groups excluding carboxylic acids is 1. The van der Waals surface area contributed by atoms with Gasteiger partial charge in [-0.25, -0.2) is 8.78 Å². The lowest BCUT2D eigenvalue weighted by molar-refractivity contribution is 0.104. The van der Waals surface area contributed by atoms with Crippen LogP contribution in [-0.4, -0.2) is 41.1 Å². The van der Waals surface area contributed by atoms with Gasteiger partial charge < -0.3 is 19.9 Å². The van der Waals surface area contributed by atoms with Crippen molar-refractivity contribution in [2.24, 2.45) is 0 Å². The van der Waals surface area contributed by atoms with Gasteiger partial charge in [-0.15, -0.1) is 0 Å². The maximum atomic E-state index is 15.6. The van der Waals surface area contributed by atoms with Gasteiger partial charge in [0, 0.05) is 38.4 Å². The fraction of sp³-hybridized carbons (Fsp3) is 0.280. The molecule has 33 heavy (non-hydrogen) atoms. The van der Waals surface area contributed by atoms with Crippen molar-refractivity contribution < 1.29 is 18.7 Å². The van der Waals surface area contributed by atoms with E-state index < -0.39 is 22.8 Å². The minimum Gasteiger partial charge on any atom is -0.508 e. The van der Waals surface area contributed by atoms with Crippen molar-refractivity contribution in [3.63, 3.8) is 0 Å². The molecule has 1 saturated heterocycles. The molecule has 0 spiro atoms. The Morgan fingerprint density at radius 3 is 2.67 bits per heavy atom. The lowest BCUT2D eigenvalue weighted by Crippen LogP contribution is -2.49. The van der Waals surface area contributed by atoms with Gasteiger partial charge in [0.2, 0.25) is 5.43 Å². The van der Waals surface area contributed by atoms with Crippen molar-refractivity contribution in [3.05, 3.63) is 75.6 Å². The number of nitrogens with zero attached hydrogens (tertiary/aromatic N) is 2. The number of hydrogen-bond acceptors (Lipinski definition) is 5. The lowest BCUT2D eigenvalue weighted by atomic mass is 10.0. The SMILES string of the molecule is CCn1cc(C(=O)/C=C/c2ccc(O)cc2)c(=O)c2cc(F)c(N3CCNC(C)C3)c(F)c21. The number of aromatic nitrogens is 1. The van der Waals surface area contributed by atoms with Crippen LogP contribution < -0.4 is 15.6 Å². The second kappa shape index (κ2) is 9.15. The summed E-state index contributed by atoms with van der Waals surface area (Å²) in [5, 5.41) is 12.4. The monoisotopic (exact) mass is 453 g/mol. The molecule has 0 aliphatic carbocycles. The molecule has 1 aliphatic rings. The molecule has 0 saturated carbocycles. The largest absolute Gasteiger partial charge is 0.508 e. The summed E-state index contributed by atoms with van der Waals surface area (Å²) in [6, 6.07) is 7.30. The van der Waals surface area contributed by atoms with E-state index in [1.807, 2.05) is 6.92 Å². The van der Waals surface area contributed by atoms with Gasteiger partial charge in [0.05, 0.1) is 16.5 Å². The van der Waals surface area contributed by atoms with Crippen molar-refractivity contribution in [2.75, 3.05) is 24.5 Å². The Morgan fingerprint density at radius 1 is 1.27 bits per heavy atom. The molecule has 172 valence electrons. The van der Waals surface area contributed by atoms with Gasteiger partial charge in [-0.2, -0.15) is 0 Å². The van der Waals surface area contributed by atoms with E-state index >= 15 is 8.78 Å². The molecule has 2 aromatic carbocycles. The zero-order valence-electron chi connectivity index (χ0n) is 18.4. The van der Waals surface area contributed by atoms with Crippen LogP contribution in [0.25, 0.3) is 17.0 Å². The first kappa shape index (κ1) is 22.7. The molecule has 8 heteroatoms. The number of hydrogen-bond donors (Lipinski definition) is 2. The van der Waals surface area contributed by atoms with E-state index in [0.29, 0.717) is 31.7 Å². The van der Waals surface area contributed by atoms with E-state index in [2.05, 4.69) is 5.32 Å². The highest BCUT2D eigenvalue weighted by atomic mass is 19.1. The topological polar surface area (TPSA) is 74.6 Å². The number of aromatic hydroxyl groups is 1. The summed E-state index contributed by atoms with van der Waals surface area (Å²) < 4.78 is 32.2. The number of benzene rings is 2. The number of phenols is 1. The van der Waals surface area contributed by atoms with Crippen LogP contribution in [0.5, 0.6) is 5.75 Å². The van der Waals surface area contributed by atoms with Crippen LogP contribution in [-0.2, 0) is 6.54 Å². The number of aryl methyl sites for hydroxylation is 1. The minimum absolute atomic E-state index is 0.0100. The predicted octanol–water partition coefficient (Wildman–Crippen LogP) is 3.70. The Morgan fingerprint density at radius 2 is 2.00 bits per heavy atom. The first-order chi connectivity index (χ1) is 15.8. The van der Waals surface area contributed by atoms with E-state index in [4.69, 9.17) is 0 Å². The third-order valence-electron chi connectivity index (χ3n) is 5.84. The second-order valence-electron chi connectivity index (χ2n) is 8.17. The number of nitrogens with one attached hydrogen (secondary N) is 1. The van der Waals surface area contributed by atoms with E-state index in [1.165, 1.54) is 35.0 Å². The fourth-order valence-electron chi connectivity index (χ4n) is 4.17. The Bertz CT molecular complexity index is 1300. The van der Waals surface area contributed by atoms with E-state index in [0.717, 1.165) is 6.07 Å². The Balaban J connectivity index is 1.80. The number of anilines is 1. The summed E-state index contributed by atoms with van der Waals surface area (Å²) in [5.41, 5.74) is -0.382. The molecule has 0 radical (unpaired) electrons. The number of pyridine rings is 1. The highest BCUT2D eigenvalue weighted by molar-refractivity contribution is 6.08. The third-order valence-corrected chi connectivity index (χ3v) is 5.84. The second-order valence-corrected chi connectivity index (χ2v) is 8.17. The summed E-state index contributed by atoms with van der Waals surface area (Å²) >= 11 is 0. The molecular weight excluding hydrogens is 428 g/mol.